The first kappa shape index (κ1) is 35.8. The molecule has 0 aliphatic rings. The van der Waals surface area contributed by atoms with Gasteiger partial charge in [0.1, 0.15) is 0 Å². The van der Waals surface area contributed by atoms with E-state index >= 15 is 0 Å². The molecule has 0 radical (unpaired) electrons. The normalized spacial score (nSPS) is 13.9. The topological polar surface area (TPSA) is 104 Å². The first-order valence-corrected chi connectivity index (χ1v) is 16.6. The van der Waals surface area contributed by atoms with E-state index < -0.39 is 28.0 Å². The number of carbonyl (C=O) groups is 1. The molecule has 2 unspecified atom stereocenters. The van der Waals surface area contributed by atoms with Gasteiger partial charge in [-0.15, -0.1) is 0 Å². The van der Waals surface area contributed by atoms with Crippen LogP contribution in [0.2, 0.25) is 0 Å². The number of hydrogen-bond acceptors (Lipinski definition) is 4. The fourth-order valence-electron chi connectivity index (χ4n) is 4.34. The van der Waals surface area contributed by atoms with Crippen LogP contribution in [0.25, 0.3) is 0 Å². The van der Waals surface area contributed by atoms with Crippen molar-refractivity contribution in [2.45, 2.75) is 154 Å². The van der Waals surface area contributed by atoms with Gasteiger partial charge in [-0.2, -0.15) is 8.42 Å². The minimum atomic E-state index is -4.33. The summed E-state index contributed by atoms with van der Waals surface area (Å²) in [6, 6.07) is -1.06. The Morgan fingerprint density at radius 3 is 1.70 bits per heavy atom. The van der Waals surface area contributed by atoms with E-state index in [1.54, 1.807) is 6.08 Å². The summed E-state index contributed by atoms with van der Waals surface area (Å²) >= 11 is 0. The Balaban J connectivity index is 4.13. The molecule has 0 fully saturated rings. The molecule has 2 atom stereocenters. The molecule has 0 aliphatic heterocycles. The van der Waals surface area contributed by atoms with E-state index in [4.69, 9.17) is 0 Å². The standard InChI is InChI=1S/C30H57NO5S/c1-3-5-7-9-11-12-13-14-15-16-17-18-20-21-23-25-29(32)28(27-37(34,35)36)31-30(33)26-24-22-19-10-8-6-4-2/h17-18,23,25,28-29,32H,3-16,19-22,24,26-27H2,1-2H3,(H,31,33)(H,34,35,36)/b18-17+,25-23+. The molecule has 0 aromatic heterocycles. The van der Waals surface area contributed by atoms with Crippen LogP contribution in [0.4, 0.5) is 0 Å². The minimum Gasteiger partial charge on any atom is -0.387 e. The van der Waals surface area contributed by atoms with Crippen molar-refractivity contribution in [3.8, 4) is 0 Å². The molecule has 0 aromatic carbocycles. The van der Waals surface area contributed by atoms with Gasteiger partial charge in [0.15, 0.2) is 0 Å². The van der Waals surface area contributed by atoms with Gasteiger partial charge in [0, 0.05) is 6.42 Å². The van der Waals surface area contributed by atoms with Crippen LogP contribution in [0, 0.1) is 0 Å². The SMILES string of the molecule is CCCCCCCCCCC/C=C/CC/C=C/C(O)C(CS(=O)(=O)O)NC(=O)CCCCCCCCC. The molecule has 7 heteroatoms. The van der Waals surface area contributed by atoms with E-state index in [1.807, 2.05) is 0 Å². The zero-order valence-corrected chi connectivity index (χ0v) is 24.7. The molecule has 0 heterocycles. The quantitative estimate of drug-likeness (QED) is 0.0590. The fraction of sp³-hybridized carbons (Fsp3) is 0.833. The summed E-state index contributed by atoms with van der Waals surface area (Å²) in [6.45, 7) is 4.42. The number of aliphatic hydroxyl groups excluding tert-OH is 1. The molecule has 0 saturated heterocycles. The number of hydrogen-bond donors (Lipinski definition) is 3. The second kappa shape index (κ2) is 25.1. The number of unbranched alkanes of at least 4 members (excludes halogenated alkanes) is 16. The number of amides is 1. The summed E-state index contributed by atoms with van der Waals surface area (Å²) in [6.07, 6.45) is 28.9. The second-order valence-corrected chi connectivity index (χ2v) is 11.9. The second-order valence-electron chi connectivity index (χ2n) is 10.4. The first-order chi connectivity index (χ1) is 17.8. The number of nitrogens with one attached hydrogen (secondary N) is 1. The lowest BCUT2D eigenvalue weighted by atomic mass is 10.1. The predicted molar refractivity (Wildman–Crippen MR) is 156 cm³/mol. The highest BCUT2D eigenvalue weighted by Gasteiger charge is 2.24. The zero-order valence-electron chi connectivity index (χ0n) is 23.8. The van der Waals surface area contributed by atoms with Gasteiger partial charge in [0.05, 0.1) is 17.9 Å². The minimum absolute atomic E-state index is 0.288. The third kappa shape index (κ3) is 26.2. The van der Waals surface area contributed by atoms with Crippen LogP contribution < -0.4 is 5.32 Å². The van der Waals surface area contributed by atoms with Crippen LogP contribution in [0.15, 0.2) is 24.3 Å². The molecule has 1 amide bonds. The number of rotatable bonds is 26. The summed E-state index contributed by atoms with van der Waals surface area (Å²) in [7, 11) is -4.33. The van der Waals surface area contributed by atoms with Crippen molar-refractivity contribution >= 4 is 16.0 Å². The van der Waals surface area contributed by atoms with Gasteiger partial charge in [-0.3, -0.25) is 9.35 Å². The van der Waals surface area contributed by atoms with E-state index in [9.17, 15) is 22.9 Å². The maximum atomic E-state index is 12.3. The molecular weight excluding hydrogens is 486 g/mol. The molecule has 37 heavy (non-hydrogen) atoms. The van der Waals surface area contributed by atoms with Crippen molar-refractivity contribution in [3.63, 3.8) is 0 Å². The van der Waals surface area contributed by atoms with Crippen molar-refractivity contribution in [3.05, 3.63) is 24.3 Å². The van der Waals surface area contributed by atoms with E-state index in [1.165, 1.54) is 89.5 Å². The van der Waals surface area contributed by atoms with Gasteiger partial charge in [0.2, 0.25) is 5.91 Å². The molecule has 0 rings (SSSR count). The van der Waals surface area contributed by atoms with Crippen LogP contribution >= 0.6 is 0 Å². The summed E-state index contributed by atoms with van der Waals surface area (Å²) in [5.74, 6) is -1.01. The lowest BCUT2D eigenvalue weighted by Gasteiger charge is -2.21. The van der Waals surface area contributed by atoms with Crippen LogP contribution in [-0.4, -0.2) is 41.9 Å². The van der Waals surface area contributed by atoms with Crippen molar-refractivity contribution < 1.29 is 22.9 Å². The lowest BCUT2D eigenvalue weighted by molar-refractivity contribution is -0.122. The summed E-state index contributed by atoms with van der Waals surface area (Å²) in [4.78, 5) is 12.3. The molecule has 3 N–H and O–H groups in total. The van der Waals surface area contributed by atoms with E-state index in [0.29, 0.717) is 0 Å². The lowest BCUT2D eigenvalue weighted by Crippen LogP contribution is -2.46. The zero-order chi connectivity index (χ0) is 27.6. The number of carbonyl (C=O) groups excluding carboxylic acids is 1. The van der Waals surface area contributed by atoms with Gasteiger partial charge in [0.25, 0.3) is 10.1 Å². The fourth-order valence-corrected chi connectivity index (χ4v) is 5.08. The average molecular weight is 544 g/mol. The third-order valence-electron chi connectivity index (χ3n) is 6.63. The van der Waals surface area contributed by atoms with Gasteiger partial charge in [-0.05, 0) is 32.1 Å². The highest BCUT2D eigenvalue weighted by atomic mass is 32.2. The third-order valence-corrected chi connectivity index (χ3v) is 7.41. The molecule has 0 aromatic rings. The van der Waals surface area contributed by atoms with Crippen LogP contribution in [-0.2, 0) is 14.9 Å². The van der Waals surface area contributed by atoms with Crippen molar-refractivity contribution in [1.29, 1.82) is 0 Å². The highest BCUT2D eigenvalue weighted by Crippen LogP contribution is 2.11. The van der Waals surface area contributed by atoms with Crippen molar-refractivity contribution in [2.24, 2.45) is 0 Å². The molecule has 0 bridgehead atoms. The monoisotopic (exact) mass is 543 g/mol. The van der Waals surface area contributed by atoms with Gasteiger partial charge < -0.3 is 10.4 Å². The molecular formula is C30H57NO5S. The maximum Gasteiger partial charge on any atom is 0.267 e. The van der Waals surface area contributed by atoms with Crippen LogP contribution in [0.3, 0.4) is 0 Å². The Labute approximate surface area is 228 Å². The average Bonchev–Trinajstić information content (AvgIpc) is 2.84. The van der Waals surface area contributed by atoms with Crippen LogP contribution in [0.1, 0.15) is 142 Å². The Morgan fingerprint density at radius 1 is 0.703 bits per heavy atom. The van der Waals surface area contributed by atoms with Gasteiger partial charge in [-0.25, -0.2) is 0 Å². The Hall–Kier alpha value is -1.18. The van der Waals surface area contributed by atoms with E-state index in [2.05, 4.69) is 31.3 Å². The molecule has 0 saturated carbocycles. The Kier molecular flexibility index (Phi) is 24.3. The van der Waals surface area contributed by atoms with Crippen molar-refractivity contribution in [2.75, 3.05) is 5.75 Å². The summed E-state index contributed by atoms with van der Waals surface area (Å²) in [5.41, 5.74) is 0. The first-order valence-electron chi connectivity index (χ1n) is 15.0. The maximum absolute atomic E-state index is 12.3. The van der Waals surface area contributed by atoms with Crippen LogP contribution in [0.5, 0.6) is 0 Å². The number of allylic oxidation sites excluding steroid dienone is 3. The highest BCUT2D eigenvalue weighted by molar-refractivity contribution is 7.85. The Morgan fingerprint density at radius 2 is 1.16 bits per heavy atom. The van der Waals surface area contributed by atoms with E-state index in [-0.39, 0.29) is 12.3 Å². The van der Waals surface area contributed by atoms with Gasteiger partial charge >= 0.3 is 0 Å². The summed E-state index contributed by atoms with van der Waals surface area (Å²) in [5, 5.41) is 13.0. The predicted octanol–water partition coefficient (Wildman–Crippen LogP) is 7.67. The Bertz CT molecular complexity index is 690. The van der Waals surface area contributed by atoms with Crippen molar-refractivity contribution in [1.82, 2.24) is 5.32 Å². The van der Waals surface area contributed by atoms with Gasteiger partial charge in [-0.1, -0.05) is 128 Å². The number of aliphatic hydroxyl groups is 1. The molecule has 0 spiro atoms. The molecule has 6 nitrogen and oxygen atoms in total. The molecule has 218 valence electrons. The smallest absolute Gasteiger partial charge is 0.267 e. The molecule has 0 aliphatic carbocycles. The largest absolute Gasteiger partial charge is 0.387 e. The summed E-state index contributed by atoms with van der Waals surface area (Å²) < 4.78 is 32.0. The van der Waals surface area contributed by atoms with E-state index in [0.717, 1.165) is 38.5 Å².